The van der Waals surface area contributed by atoms with Gasteiger partial charge in [0.15, 0.2) is 0 Å². The minimum absolute atomic E-state index is 0.332. The fourth-order valence-electron chi connectivity index (χ4n) is 3.48. The summed E-state index contributed by atoms with van der Waals surface area (Å²) in [7, 11) is 0. The molecule has 1 rings (SSSR count). The third kappa shape index (κ3) is 4.23. The predicted molar refractivity (Wildman–Crippen MR) is 91.9 cm³/mol. The van der Waals surface area contributed by atoms with Gasteiger partial charge in [-0.15, -0.1) is 0 Å². The van der Waals surface area contributed by atoms with Crippen LogP contribution in [0.25, 0.3) is 6.08 Å². The maximum Gasteiger partial charge on any atom is -0.0115 e. The zero-order valence-corrected chi connectivity index (χ0v) is 14.1. The summed E-state index contributed by atoms with van der Waals surface area (Å²) in [5, 5.41) is 0. The van der Waals surface area contributed by atoms with E-state index >= 15 is 0 Å². The molecule has 1 atom stereocenters. The second-order valence-electron chi connectivity index (χ2n) is 6.15. The molecule has 112 valence electrons. The summed E-state index contributed by atoms with van der Waals surface area (Å²) in [6.45, 7) is 11.6. The molecular weight excluding hydrogens is 240 g/mol. The normalized spacial score (nSPS) is 14.9. The first-order valence-electron chi connectivity index (χ1n) is 8.38. The van der Waals surface area contributed by atoms with Gasteiger partial charge in [-0.05, 0) is 35.3 Å². The molecule has 0 aromatic heterocycles. The van der Waals surface area contributed by atoms with Gasteiger partial charge in [0.2, 0.25) is 0 Å². The van der Waals surface area contributed by atoms with E-state index in [1.54, 1.807) is 0 Å². The van der Waals surface area contributed by atoms with Crippen molar-refractivity contribution in [3.8, 4) is 0 Å². The molecule has 0 aliphatic carbocycles. The first-order chi connectivity index (χ1) is 9.61. The maximum absolute atomic E-state index is 2.49. The van der Waals surface area contributed by atoms with E-state index < -0.39 is 0 Å². The molecule has 1 unspecified atom stereocenters. The molecule has 0 saturated carbocycles. The molecule has 0 radical (unpaired) electrons. The zero-order chi connectivity index (χ0) is 15.0. The van der Waals surface area contributed by atoms with Crippen LogP contribution in [0, 0.1) is 11.3 Å². The zero-order valence-electron chi connectivity index (χ0n) is 14.1. The number of hydrogen-bond donors (Lipinski definition) is 0. The van der Waals surface area contributed by atoms with Crippen LogP contribution in [0.1, 0.15) is 71.4 Å². The van der Waals surface area contributed by atoms with Crippen LogP contribution in [0.5, 0.6) is 0 Å². The second kappa shape index (κ2) is 8.29. The third-order valence-electron chi connectivity index (χ3n) is 4.79. The predicted octanol–water partition coefficient (Wildman–Crippen LogP) is 6.50. The minimum atomic E-state index is 0.332. The van der Waals surface area contributed by atoms with Crippen molar-refractivity contribution in [1.82, 2.24) is 0 Å². The largest absolute Gasteiger partial charge is 0.0777 e. The molecular formula is C20H32. The summed E-state index contributed by atoms with van der Waals surface area (Å²) >= 11 is 0. The van der Waals surface area contributed by atoms with Crippen molar-refractivity contribution < 1.29 is 0 Å². The van der Waals surface area contributed by atoms with Gasteiger partial charge in [0, 0.05) is 0 Å². The summed E-state index contributed by atoms with van der Waals surface area (Å²) in [6.07, 6.45) is 11.0. The summed E-state index contributed by atoms with van der Waals surface area (Å²) in [4.78, 5) is 0. The second-order valence-corrected chi connectivity index (χ2v) is 6.15. The molecule has 0 aliphatic heterocycles. The van der Waals surface area contributed by atoms with Gasteiger partial charge >= 0.3 is 0 Å². The fraction of sp³-hybridized carbons (Fsp3) is 0.600. The quantitative estimate of drug-likeness (QED) is 0.506. The van der Waals surface area contributed by atoms with E-state index in [9.17, 15) is 0 Å². The van der Waals surface area contributed by atoms with Gasteiger partial charge in [0.05, 0.1) is 0 Å². The van der Waals surface area contributed by atoms with Crippen LogP contribution in [-0.2, 0) is 6.42 Å². The average molecular weight is 272 g/mol. The molecule has 1 aromatic rings. The van der Waals surface area contributed by atoms with Crippen molar-refractivity contribution in [3.63, 3.8) is 0 Å². The van der Waals surface area contributed by atoms with E-state index in [0.29, 0.717) is 5.41 Å². The topological polar surface area (TPSA) is 0 Å². The van der Waals surface area contributed by atoms with E-state index in [1.165, 1.54) is 36.8 Å². The van der Waals surface area contributed by atoms with Crippen LogP contribution >= 0.6 is 0 Å². The lowest BCUT2D eigenvalue weighted by atomic mass is 9.71. The lowest BCUT2D eigenvalue weighted by Gasteiger charge is -2.34. The Labute approximate surface area is 126 Å². The Hall–Kier alpha value is -1.04. The Morgan fingerprint density at radius 3 is 2.25 bits per heavy atom. The molecule has 0 saturated heterocycles. The van der Waals surface area contributed by atoms with Crippen molar-refractivity contribution >= 4 is 6.08 Å². The van der Waals surface area contributed by atoms with Crippen LogP contribution in [0.3, 0.4) is 0 Å². The van der Waals surface area contributed by atoms with E-state index in [0.717, 1.165) is 12.3 Å². The van der Waals surface area contributed by atoms with Gasteiger partial charge in [-0.25, -0.2) is 0 Å². The molecule has 0 aliphatic rings. The highest BCUT2D eigenvalue weighted by atomic mass is 14.3. The monoisotopic (exact) mass is 272 g/mol. The molecule has 0 fully saturated rings. The highest BCUT2D eigenvalue weighted by Gasteiger charge is 2.28. The van der Waals surface area contributed by atoms with E-state index in [-0.39, 0.29) is 0 Å². The molecule has 20 heavy (non-hydrogen) atoms. The Morgan fingerprint density at radius 2 is 1.70 bits per heavy atom. The van der Waals surface area contributed by atoms with Crippen LogP contribution in [0.4, 0.5) is 0 Å². The molecule has 0 heterocycles. The first kappa shape index (κ1) is 17.0. The number of benzene rings is 1. The number of rotatable bonds is 8. The van der Waals surface area contributed by atoms with Crippen molar-refractivity contribution in [2.24, 2.45) is 11.3 Å². The Bertz CT molecular complexity index is 412. The van der Waals surface area contributed by atoms with Gasteiger partial charge in [-0.1, -0.05) is 90.3 Å². The molecule has 0 bridgehead atoms. The molecule has 0 nitrogen and oxygen atoms in total. The van der Waals surface area contributed by atoms with Crippen molar-refractivity contribution in [1.29, 1.82) is 0 Å². The molecule has 1 aromatic carbocycles. The lowest BCUT2D eigenvalue weighted by molar-refractivity contribution is 0.221. The van der Waals surface area contributed by atoms with E-state index in [4.69, 9.17) is 0 Å². The summed E-state index contributed by atoms with van der Waals surface area (Å²) in [5.41, 5.74) is 3.18. The van der Waals surface area contributed by atoms with E-state index in [2.05, 4.69) is 71.0 Å². The van der Waals surface area contributed by atoms with E-state index in [1.807, 2.05) is 0 Å². The van der Waals surface area contributed by atoms with Crippen molar-refractivity contribution in [2.45, 2.75) is 66.7 Å². The smallest absolute Gasteiger partial charge is 0.0115 e. The molecule has 0 amide bonds. The van der Waals surface area contributed by atoms with Gasteiger partial charge in [0.25, 0.3) is 0 Å². The van der Waals surface area contributed by atoms with Crippen LogP contribution in [0.15, 0.2) is 30.3 Å². The third-order valence-corrected chi connectivity index (χ3v) is 4.79. The van der Waals surface area contributed by atoms with Crippen molar-refractivity contribution in [3.05, 3.63) is 41.5 Å². The highest BCUT2D eigenvalue weighted by molar-refractivity contribution is 5.54. The van der Waals surface area contributed by atoms with Crippen molar-refractivity contribution in [2.75, 3.05) is 0 Å². The van der Waals surface area contributed by atoms with Gasteiger partial charge < -0.3 is 0 Å². The SMILES string of the molecule is CCCC(C)(/C=C\c1ccccc1CC)C(CC)CC. The Morgan fingerprint density at radius 1 is 1.05 bits per heavy atom. The maximum atomic E-state index is 2.49. The highest BCUT2D eigenvalue weighted by Crippen LogP contribution is 2.39. The number of aryl methyl sites for hydroxylation is 1. The van der Waals surface area contributed by atoms with Gasteiger partial charge in [-0.3, -0.25) is 0 Å². The average Bonchev–Trinajstić information content (AvgIpc) is 2.47. The van der Waals surface area contributed by atoms with Crippen LogP contribution in [0.2, 0.25) is 0 Å². The standard InChI is InChI=1S/C20H32/c1-6-15-20(5,19(8-3)9-4)16-14-18-13-11-10-12-17(18)7-2/h10-14,16,19H,6-9,15H2,1-5H3/b16-14-. The summed E-state index contributed by atoms with van der Waals surface area (Å²) < 4.78 is 0. The van der Waals surface area contributed by atoms with Gasteiger partial charge in [0.1, 0.15) is 0 Å². The first-order valence-corrected chi connectivity index (χ1v) is 8.38. The molecule has 0 spiro atoms. The van der Waals surface area contributed by atoms with Crippen LogP contribution in [-0.4, -0.2) is 0 Å². The fourth-order valence-corrected chi connectivity index (χ4v) is 3.48. The van der Waals surface area contributed by atoms with Crippen LogP contribution < -0.4 is 0 Å². The Balaban J connectivity index is 3.02. The minimum Gasteiger partial charge on any atom is -0.0777 e. The lowest BCUT2D eigenvalue weighted by Crippen LogP contribution is -2.24. The summed E-state index contributed by atoms with van der Waals surface area (Å²) in [5.74, 6) is 0.785. The molecule has 0 heteroatoms. The number of allylic oxidation sites excluding steroid dienone is 1. The Kier molecular flexibility index (Phi) is 7.05. The number of hydrogen-bond acceptors (Lipinski definition) is 0. The summed E-state index contributed by atoms with van der Waals surface area (Å²) in [6, 6.07) is 8.78. The van der Waals surface area contributed by atoms with Gasteiger partial charge in [-0.2, -0.15) is 0 Å². The molecule has 0 N–H and O–H groups in total.